The molecule has 0 aromatic heterocycles. The summed E-state index contributed by atoms with van der Waals surface area (Å²) >= 11 is 0. The predicted molar refractivity (Wildman–Crippen MR) is 70.0 cm³/mol. The van der Waals surface area contributed by atoms with E-state index in [-0.39, 0.29) is 13.1 Å². The van der Waals surface area contributed by atoms with Crippen LogP contribution < -0.4 is 0 Å². The van der Waals surface area contributed by atoms with Crippen molar-refractivity contribution in [2.75, 3.05) is 40.4 Å². The third kappa shape index (κ3) is 4.40. The Hall–Kier alpha value is -2.20. The molecule has 1 fully saturated rings. The van der Waals surface area contributed by atoms with E-state index in [9.17, 15) is 19.2 Å². The zero-order valence-corrected chi connectivity index (χ0v) is 12.2. The van der Waals surface area contributed by atoms with Gasteiger partial charge in [0.15, 0.2) is 0 Å². The Morgan fingerprint density at radius 1 is 0.864 bits per heavy atom. The van der Waals surface area contributed by atoms with Gasteiger partial charge in [0.2, 0.25) is 0 Å². The lowest BCUT2D eigenvalue weighted by Crippen LogP contribution is -2.64. The van der Waals surface area contributed by atoms with E-state index in [4.69, 9.17) is 10.2 Å². The molecule has 0 bridgehead atoms. The number of rotatable bonds is 6. The number of piperazine rings is 1. The standard InChI is InChI=1S/C12H18N2O8/c1-21-11(19)7-3-14(6-10(17)18)8(12(20)22-2)4-13(7)5-9(15)16/h7-8H,3-6H2,1-2H3,(H,15,16)(H,17,18)/t7-,8-/m0/s1. The van der Waals surface area contributed by atoms with E-state index < -0.39 is 49.1 Å². The van der Waals surface area contributed by atoms with Gasteiger partial charge in [-0.2, -0.15) is 0 Å². The van der Waals surface area contributed by atoms with Gasteiger partial charge in [-0.25, -0.2) is 0 Å². The van der Waals surface area contributed by atoms with E-state index in [2.05, 4.69) is 9.47 Å². The van der Waals surface area contributed by atoms with E-state index in [0.29, 0.717) is 0 Å². The first-order valence-corrected chi connectivity index (χ1v) is 6.37. The highest BCUT2D eigenvalue weighted by atomic mass is 16.5. The fourth-order valence-electron chi connectivity index (χ4n) is 2.35. The summed E-state index contributed by atoms with van der Waals surface area (Å²) < 4.78 is 9.23. The molecule has 22 heavy (non-hydrogen) atoms. The maximum absolute atomic E-state index is 11.8. The van der Waals surface area contributed by atoms with Gasteiger partial charge in [-0.15, -0.1) is 0 Å². The van der Waals surface area contributed by atoms with Crippen LogP contribution in [0.25, 0.3) is 0 Å². The average Bonchev–Trinajstić information content (AvgIpc) is 2.45. The summed E-state index contributed by atoms with van der Waals surface area (Å²) in [6, 6.07) is -1.94. The number of carbonyl (C=O) groups is 4. The molecule has 0 radical (unpaired) electrons. The number of esters is 2. The van der Waals surface area contributed by atoms with Crippen LogP contribution in [-0.4, -0.2) is 96.4 Å². The number of methoxy groups -OCH3 is 2. The van der Waals surface area contributed by atoms with Crippen molar-refractivity contribution in [1.82, 2.24) is 9.80 Å². The molecule has 1 aliphatic rings. The average molecular weight is 318 g/mol. The fraction of sp³-hybridized carbons (Fsp3) is 0.667. The van der Waals surface area contributed by atoms with E-state index in [1.807, 2.05) is 0 Å². The van der Waals surface area contributed by atoms with E-state index in [1.165, 1.54) is 9.80 Å². The van der Waals surface area contributed by atoms with Crippen LogP contribution in [0.15, 0.2) is 0 Å². The topological polar surface area (TPSA) is 134 Å². The Bertz CT molecular complexity index is 424. The van der Waals surface area contributed by atoms with Gasteiger partial charge in [-0.05, 0) is 0 Å². The molecule has 1 saturated heterocycles. The molecule has 1 rings (SSSR count). The van der Waals surface area contributed by atoms with E-state index in [1.54, 1.807) is 0 Å². The number of carboxylic acid groups (broad SMARTS) is 2. The van der Waals surface area contributed by atoms with Crippen LogP contribution in [0.3, 0.4) is 0 Å². The van der Waals surface area contributed by atoms with Gasteiger partial charge in [-0.1, -0.05) is 0 Å². The molecule has 2 N–H and O–H groups in total. The number of ether oxygens (including phenoxy) is 2. The molecule has 1 aliphatic heterocycles. The molecule has 10 heteroatoms. The minimum atomic E-state index is -1.18. The maximum Gasteiger partial charge on any atom is 0.324 e. The lowest BCUT2D eigenvalue weighted by molar-refractivity contribution is -0.163. The number of hydrogen-bond acceptors (Lipinski definition) is 8. The fourth-order valence-corrected chi connectivity index (χ4v) is 2.35. The Morgan fingerprint density at radius 2 is 1.18 bits per heavy atom. The zero-order chi connectivity index (χ0) is 16.9. The van der Waals surface area contributed by atoms with Gasteiger partial charge in [0.05, 0.1) is 27.3 Å². The lowest BCUT2D eigenvalue weighted by Gasteiger charge is -2.42. The van der Waals surface area contributed by atoms with Crippen molar-refractivity contribution in [2.45, 2.75) is 12.1 Å². The van der Waals surface area contributed by atoms with E-state index in [0.717, 1.165) is 14.2 Å². The van der Waals surface area contributed by atoms with Crippen LogP contribution in [0.2, 0.25) is 0 Å². The first-order chi connectivity index (χ1) is 10.3. The van der Waals surface area contributed by atoms with Gasteiger partial charge in [0, 0.05) is 13.1 Å². The Kier molecular flexibility index (Phi) is 6.25. The van der Waals surface area contributed by atoms with Crippen molar-refractivity contribution in [1.29, 1.82) is 0 Å². The van der Waals surface area contributed by atoms with Crippen molar-refractivity contribution >= 4 is 23.9 Å². The van der Waals surface area contributed by atoms with Gasteiger partial charge < -0.3 is 19.7 Å². The predicted octanol–water partition coefficient (Wildman–Crippen LogP) is -2.14. The lowest BCUT2D eigenvalue weighted by atomic mass is 10.1. The Morgan fingerprint density at radius 3 is 1.41 bits per heavy atom. The third-order valence-electron chi connectivity index (χ3n) is 3.32. The molecule has 0 spiro atoms. The molecule has 0 aliphatic carbocycles. The summed E-state index contributed by atoms with van der Waals surface area (Å²) in [5, 5.41) is 17.8. The number of aliphatic carboxylic acids is 2. The quantitative estimate of drug-likeness (QED) is 0.522. The second kappa shape index (κ2) is 7.71. The van der Waals surface area contributed by atoms with Gasteiger partial charge in [0.25, 0.3) is 0 Å². The normalized spacial score (nSPS) is 22.8. The molecule has 124 valence electrons. The van der Waals surface area contributed by atoms with Crippen LogP contribution in [-0.2, 0) is 28.7 Å². The summed E-state index contributed by atoms with van der Waals surface area (Å²) in [6.07, 6.45) is 0. The molecule has 0 saturated carbocycles. The number of nitrogens with zero attached hydrogens (tertiary/aromatic N) is 2. The number of carbonyl (C=O) groups excluding carboxylic acids is 2. The molecule has 0 amide bonds. The SMILES string of the molecule is COC(=O)[C@@H]1CN(CC(=O)O)[C@H](C(=O)OC)CN1CC(=O)O. The van der Waals surface area contributed by atoms with E-state index >= 15 is 0 Å². The van der Waals surface area contributed by atoms with Crippen molar-refractivity contribution in [2.24, 2.45) is 0 Å². The highest BCUT2D eigenvalue weighted by Crippen LogP contribution is 2.17. The molecule has 0 aromatic rings. The number of hydrogen-bond donors (Lipinski definition) is 2. The number of carboxylic acids is 2. The summed E-state index contributed by atoms with van der Waals surface area (Å²) in [5.74, 6) is -3.74. The van der Waals surface area contributed by atoms with Crippen LogP contribution in [0, 0.1) is 0 Å². The molecular formula is C12H18N2O8. The summed E-state index contributed by atoms with van der Waals surface area (Å²) in [5.41, 5.74) is 0. The van der Waals surface area contributed by atoms with Crippen molar-refractivity contribution in [3.8, 4) is 0 Å². The molecule has 0 aromatic carbocycles. The van der Waals surface area contributed by atoms with Crippen LogP contribution in [0.4, 0.5) is 0 Å². The van der Waals surface area contributed by atoms with Crippen LogP contribution >= 0.6 is 0 Å². The van der Waals surface area contributed by atoms with Crippen molar-refractivity contribution in [3.63, 3.8) is 0 Å². The second-order valence-electron chi connectivity index (χ2n) is 4.72. The second-order valence-corrected chi connectivity index (χ2v) is 4.72. The Labute approximate surface area is 126 Å². The molecule has 10 nitrogen and oxygen atoms in total. The maximum atomic E-state index is 11.8. The van der Waals surface area contributed by atoms with Crippen LogP contribution in [0.1, 0.15) is 0 Å². The van der Waals surface area contributed by atoms with Gasteiger partial charge in [-0.3, -0.25) is 29.0 Å². The highest BCUT2D eigenvalue weighted by Gasteiger charge is 2.42. The van der Waals surface area contributed by atoms with Gasteiger partial charge in [0.1, 0.15) is 12.1 Å². The summed E-state index contributed by atoms with van der Waals surface area (Å²) in [7, 11) is 2.30. The molecule has 1 heterocycles. The minimum Gasteiger partial charge on any atom is -0.480 e. The highest BCUT2D eigenvalue weighted by molar-refractivity contribution is 5.81. The molecule has 2 atom stereocenters. The molecule has 0 unspecified atom stereocenters. The third-order valence-corrected chi connectivity index (χ3v) is 3.32. The first-order valence-electron chi connectivity index (χ1n) is 6.37. The largest absolute Gasteiger partial charge is 0.480 e. The van der Waals surface area contributed by atoms with Crippen LogP contribution in [0.5, 0.6) is 0 Å². The zero-order valence-electron chi connectivity index (χ0n) is 12.2. The smallest absolute Gasteiger partial charge is 0.324 e. The summed E-state index contributed by atoms with van der Waals surface area (Å²) in [6.45, 7) is -1.25. The molecular weight excluding hydrogens is 300 g/mol. The summed E-state index contributed by atoms with van der Waals surface area (Å²) in [4.78, 5) is 47.9. The first kappa shape index (κ1) is 17.9. The Balaban J connectivity index is 3.03. The van der Waals surface area contributed by atoms with Crippen molar-refractivity contribution < 1.29 is 38.9 Å². The monoisotopic (exact) mass is 318 g/mol. The van der Waals surface area contributed by atoms with Crippen molar-refractivity contribution in [3.05, 3.63) is 0 Å². The van der Waals surface area contributed by atoms with Gasteiger partial charge >= 0.3 is 23.9 Å². The minimum absolute atomic E-state index is 0.147.